The average Bonchev–Trinajstić information content (AvgIpc) is 2.93. The summed E-state index contributed by atoms with van der Waals surface area (Å²) in [6.07, 6.45) is 1.13. The predicted molar refractivity (Wildman–Crippen MR) is 87.6 cm³/mol. The molecule has 0 bridgehead atoms. The van der Waals surface area contributed by atoms with E-state index in [0.717, 1.165) is 17.4 Å². The summed E-state index contributed by atoms with van der Waals surface area (Å²) in [6.45, 7) is 0. The maximum absolute atomic E-state index is 11.8. The van der Waals surface area contributed by atoms with E-state index in [1.54, 1.807) is 18.2 Å². The number of hydrogen-bond donors (Lipinski definition) is 1. The maximum atomic E-state index is 11.8. The fourth-order valence-electron chi connectivity index (χ4n) is 2.19. The van der Waals surface area contributed by atoms with Crippen LogP contribution in [0.3, 0.4) is 0 Å². The van der Waals surface area contributed by atoms with Crippen LogP contribution in [0.4, 0.5) is 0 Å². The van der Waals surface area contributed by atoms with Gasteiger partial charge in [-0.15, -0.1) is 0 Å². The van der Waals surface area contributed by atoms with Gasteiger partial charge in [-0.3, -0.25) is 0 Å². The van der Waals surface area contributed by atoms with Gasteiger partial charge in [0.05, 0.1) is 11.4 Å². The fraction of sp³-hybridized carbons (Fsp3) is 0.0625. The number of nitrogens with zero attached hydrogens (tertiary/aromatic N) is 1. The number of sulfone groups is 1. The number of nitrogens with one attached hydrogen (secondary N) is 1. The van der Waals surface area contributed by atoms with Gasteiger partial charge in [0, 0.05) is 22.4 Å². The van der Waals surface area contributed by atoms with Crippen molar-refractivity contribution >= 4 is 21.4 Å². The van der Waals surface area contributed by atoms with Gasteiger partial charge in [-0.25, -0.2) is 13.4 Å². The number of H-pyrrole nitrogens is 1. The van der Waals surface area contributed by atoms with Crippen LogP contribution in [0.1, 0.15) is 0 Å². The molecule has 0 radical (unpaired) electrons. The van der Waals surface area contributed by atoms with Crippen molar-refractivity contribution in [3.8, 4) is 22.5 Å². The van der Waals surface area contributed by atoms with Crippen LogP contribution >= 0.6 is 11.6 Å². The Kier molecular flexibility index (Phi) is 3.76. The van der Waals surface area contributed by atoms with E-state index in [4.69, 9.17) is 11.6 Å². The molecule has 0 amide bonds. The van der Waals surface area contributed by atoms with E-state index in [1.165, 1.54) is 0 Å². The number of imidazole rings is 1. The lowest BCUT2D eigenvalue weighted by Crippen LogP contribution is -1.99. The Morgan fingerprint density at radius 2 is 1.68 bits per heavy atom. The summed E-state index contributed by atoms with van der Waals surface area (Å²) in [6, 6.07) is 16.6. The molecule has 3 aromatic rings. The third-order valence-corrected chi connectivity index (χ3v) is 4.32. The topological polar surface area (TPSA) is 62.8 Å². The highest BCUT2D eigenvalue weighted by Gasteiger charge is 2.19. The molecule has 0 spiro atoms. The van der Waals surface area contributed by atoms with E-state index in [9.17, 15) is 8.42 Å². The third-order valence-electron chi connectivity index (χ3n) is 3.19. The fourth-order valence-corrected chi connectivity index (χ4v) is 2.92. The van der Waals surface area contributed by atoms with Crippen molar-refractivity contribution in [2.24, 2.45) is 0 Å². The summed E-state index contributed by atoms with van der Waals surface area (Å²) in [7, 11) is -3.43. The van der Waals surface area contributed by atoms with Crippen molar-refractivity contribution in [2.75, 3.05) is 6.26 Å². The second-order valence-electron chi connectivity index (χ2n) is 4.91. The number of halogens is 1. The van der Waals surface area contributed by atoms with Crippen LogP contribution in [-0.4, -0.2) is 24.6 Å². The van der Waals surface area contributed by atoms with E-state index in [2.05, 4.69) is 9.97 Å². The van der Waals surface area contributed by atoms with Crippen LogP contribution in [0.25, 0.3) is 22.5 Å². The molecule has 22 heavy (non-hydrogen) atoms. The van der Waals surface area contributed by atoms with E-state index in [-0.39, 0.29) is 5.16 Å². The van der Waals surface area contributed by atoms with Gasteiger partial charge in [0.2, 0.25) is 15.0 Å². The first kappa shape index (κ1) is 14.8. The lowest BCUT2D eigenvalue weighted by molar-refractivity contribution is 0.595. The van der Waals surface area contributed by atoms with Gasteiger partial charge >= 0.3 is 0 Å². The van der Waals surface area contributed by atoms with E-state index >= 15 is 0 Å². The Morgan fingerprint density at radius 1 is 1.00 bits per heavy atom. The highest BCUT2D eigenvalue weighted by atomic mass is 35.5. The van der Waals surface area contributed by atoms with Crippen molar-refractivity contribution < 1.29 is 8.42 Å². The zero-order valence-electron chi connectivity index (χ0n) is 11.7. The lowest BCUT2D eigenvalue weighted by Gasteiger charge is -2.03. The largest absolute Gasteiger partial charge is 0.328 e. The van der Waals surface area contributed by atoms with Crippen molar-refractivity contribution in [3.63, 3.8) is 0 Å². The average molecular weight is 333 g/mol. The van der Waals surface area contributed by atoms with Crippen LogP contribution < -0.4 is 0 Å². The molecule has 2 aromatic carbocycles. The molecule has 1 N–H and O–H groups in total. The molecule has 0 aliphatic carbocycles. The third kappa shape index (κ3) is 2.91. The molecule has 0 saturated carbocycles. The molecule has 112 valence electrons. The minimum atomic E-state index is -3.43. The Labute approximate surface area is 133 Å². The highest BCUT2D eigenvalue weighted by molar-refractivity contribution is 7.90. The van der Waals surface area contributed by atoms with Crippen LogP contribution in [0.2, 0.25) is 5.02 Å². The van der Waals surface area contributed by atoms with Crippen molar-refractivity contribution in [2.45, 2.75) is 5.16 Å². The molecule has 0 aliphatic rings. The standard InChI is InChI=1S/C16H13ClN2O2S/c1-22(20,21)16-18-14(11-6-3-2-4-7-11)15(19-16)12-8-5-9-13(17)10-12/h2-10H,1H3,(H,18,19). The predicted octanol–water partition coefficient (Wildman–Crippen LogP) is 3.80. The van der Waals surface area contributed by atoms with Crippen molar-refractivity contribution in [1.82, 2.24) is 9.97 Å². The minimum absolute atomic E-state index is 0.0543. The molecule has 6 heteroatoms. The normalized spacial score (nSPS) is 11.5. The molecule has 0 fully saturated rings. The molecular weight excluding hydrogens is 320 g/mol. The monoisotopic (exact) mass is 332 g/mol. The summed E-state index contributed by atoms with van der Waals surface area (Å²) in [5, 5.41) is 0.516. The van der Waals surface area contributed by atoms with Crippen molar-refractivity contribution in [1.29, 1.82) is 0 Å². The quantitative estimate of drug-likeness (QED) is 0.793. The maximum Gasteiger partial charge on any atom is 0.225 e. The van der Waals surface area contributed by atoms with Crippen LogP contribution in [-0.2, 0) is 9.84 Å². The molecule has 1 heterocycles. The summed E-state index contributed by atoms with van der Waals surface area (Å²) < 4.78 is 23.6. The van der Waals surface area contributed by atoms with Gasteiger partial charge in [-0.05, 0) is 12.1 Å². The van der Waals surface area contributed by atoms with Gasteiger partial charge in [-0.1, -0.05) is 54.1 Å². The smallest absolute Gasteiger partial charge is 0.225 e. The molecule has 0 atom stereocenters. The molecule has 3 rings (SSSR count). The summed E-state index contributed by atoms with van der Waals surface area (Å²) in [5.41, 5.74) is 2.84. The summed E-state index contributed by atoms with van der Waals surface area (Å²) in [4.78, 5) is 7.18. The minimum Gasteiger partial charge on any atom is -0.328 e. The van der Waals surface area contributed by atoms with E-state index < -0.39 is 9.84 Å². The van der Waals surface area contributed by atoms with Gasteiger partial charge in [0.1, 0.15) is 0 Å². The molecule has 0 aliphatic heterocycles. The zero-order chi connectivity index (χ0) is 15.7. The van der Waals surface area contributed by atoms with E-state index in [1.807, 2.05) is 36.4 Å². The summed E-state index contributed by atoms with van der Waals surface area (Å²) >= 11 is 6.03. The SMILES string of the molecule is CS(=O)(=O)c1nc(-c2cccc(Cl)c2)c(-c2ccccc2)[nH]1. The molecular formula is C16H13ClN2O2S. The first-order chi connectivity index (χ1) is 10.4. The second kappa shape index (κ2) is 5.59. The Morgan fingerprint density at radius 3 is 2.32 bits per heavy atom. The number of aromatic amines is 1. The second-order valence-corrected chi connectivity index (χ2v) is 7.28. The zero-order valence-corrected chi connectivity index (χ0v) is 13.3. The number of hydrogen-bond acceptors (Lipinski definition) is 3. The van der Waals surface area contributed by atoms with Crippen LogP contribution in [0.5, 0.6) is 0 Å². The van der Waals surface area contributed by atoms with Gasteiger partial charge in [-0.2, -0.15) is 0 Å². The Bertz CT molecular complexity index is 918. The molecule has 0 saturated heterocycles. The van der Waals surface area contributed by atoms with Gasteiger partial charge in [0.25, 0.3) is 0 Å². The highest BCUT2D eigenvalue weighted by Crippen LogP contribution is 2.32. The molecule has 0 unspecified atom stereocenters. The first-order valence-electron chi connectivity index (χ1n) is 6.56. The molecule has 1 aromatic heterocycles. The number of benzene rings is 2. The molecule has 4 nitrogen and oxygen atoms in total. The first-order valence-corrected chi connectivity index (χ1v) is 8.83. The Balaban J connectivity index is 2.26. The van der Waals surface area contributed by atoms with Gasteiger partial charge < -0.3 is 4.98 Å². The van der Waals surface area contributed by atoms with Crippen molar-refractivity contribution in [3.05, 3.63) is 59.6 Å². The van der Waals surface area contributed by atoms with Crippen LogP contribution in [0, 0.1) is 0 Å². The van der Waals surface area contributed by atoms with Gasteiger partial charge in [0.15, 0.2) is 0 Å². The lowest BCUT2D eigenvalue weighted by atomic mass is 10.1. The number of aromatic nitrogens is 2. The summed E-state index contributed by atoms with van der Waals surface area (Å²) in [5.74, 6) is 0. The van der Waals surface area contributed by atoms with Crippen LogP contribution in [0.15, 0.2) is 59.8 Å². The number of rotatable bonds is 3. The van der Waals surface area contributed by atoms with E-state index in [0.29, 0.717) is 16.4 Å². The Hall–Kier alpha value is -2.11.